The van der Waals surface area contributed by atoms with E-state index in [4.69, 9.17) is 0 Å². The molecule has 0 saturated heterocycles. The topological polar surface area (TPSA) is 89.9 Å². The molecule has 4 fully saturated rings. The minimum atomic E-state index is -0.878. The molecule has 0 radical (unpaired) electrons. The van der Waals surface area contributed by atoms with Crippen LogP contribution < -0.4 is 5.32 Å². The van der Waals surface area contributed by atoms with Gasteiger partial charge in [0.2, 0.25) is 5.91 Å². The van der Waals surface area contributed by atoms with Crippen molar-refractivity contribution in [2.24, 2.45) is 56.7 Å². The molecule has 6 nitrogen and oxygen atoms in total. The Kier molecular flexibility index (Phi) is 9.61. The third kappa shape index (κ3) is 5.48. The number of carboxylic acids is 1. The molecule has 1 amide bonds. The maximum atomic E-state index is 14.4. The molecule has 5 aliphatic rings. The van der Waals surface area contributed by atoms with Crippen LogP contribution in [0.3, 0.4) is 0 Å². The lowest BCUT2D eigenvalue weighted by Gasteiger charge is -2.72. The van der Waals surface area contributed by atoms with E-state index in [1.165, 1.54) is 36.8 Å². The Morgan fingerprint density at radius 2 is 1.63 bits per heavy atom. The van der Waals surface area contributed by atoms with Gasteiger partial charge in [0, 0.05) is 19.6 Å². The Morgan fingerprint density at radius 3 is 2.27 bits per heavy atom. The monoisotopic (exact) mass is 672 g/mol. The number of hydrogen-bond acceptors (Lipinski definition) is 4. The molecule has 6 heteroatoms. The standard InChI is InChI=1S/C43H64N2O4/c1-9-45(26-27-46)25-24-44-38(49)43-21-16-31(28(2)3)36(43)33-14-15-35-40(6)19-17-32(29-10-12-30(13-11-29)37(47)48)39(4,5)34(40)18-20-42(35,8)41(33,7)22-23-43/h10-13,17,31,33-36,46H,2,9,14-16,18-27H2,1,3-8H3,(H,44,49)(H,47,48)/t31-,33+,34-,35+,36+,40-,41+,42+,43-/m0/s1. The van der Waals surface area contributed by atoms with Crippen LogP contribution in [0.5, 0.6) is 0 Å². The number of aliphatic hydroxyl groups excluding tert-OH is 1. The Bertz CT molecular complexity index is 1480. The molecule has 1 aromatic carbocycles. The van der Waals surface area contributed by atoms with E-state index in [0.717, 1.165) is 50.8 Å². The van der Waals surface area contributed by atoms with E-state index in [1.54, 1.807) is 12.1 Å². The van der Waals surface area contributed by atoms with Crippen LogP contribution in [0.4, 0.5) is 0 Å². The number of nitrogens with one attached hydrogen (secondary N) is 1. The molecule has 9 atom stereocenters. The molecule has 6 rings (SSSR count). The zero-order valence-corrected chi connectivity index (χ0v) is 31.5. The summed E-state index contributed by atoms with van der Waals surface area (Å²) >= 11 is 0. The maximum absolute atomic E-state index is 14.4. The molecule has 0 spiro atoms. The number of aromatic carboxylic acids is 1. The minimum absolute atomic E-state index is 0.0162. The van der Waals surface area contributed by atoms with Gasteiger partial charge in [0.15, 0.2) is 0 Å². The number of benzene rings is 1. The van der Waals surface area contributed by atoms with E-state index in [1.807, 2.05) is 12.1 Å². The Balaban J connectivity index is 1.29. The van der Waals surface area contributed by atoms with Gasteiger partial charge in [-0.25, -0.2) is 4.79 Å². The second-order valence-electron chi connectivity index (χ2n) is 18.2. The summed E-state index contributed by atoms with van der Waals surface area (Å²) in [6.07, 6.45) is 12.5. The molecule has 3 N–H and O–H groups in total. The fourth-order valence-corrected chi connectivity index (χ4v) is 13.5. The van der Waals surface area contributed by atoms with Crippen molar-refractivity contribution in [2.75, 3.05) is 32.8 Å². The average Bonchev–Trinajstić information content (AvgIpc) is 3.46. The van der Waals surface area contributed by atoms with Crippen LogP contribution in [0.2, 0.25) is 0 Å². The molecule has 0 bridgehead atoms. The van der Waals surface area contributed by atoms with Crippen LogP contribution in [0.15, 0.2) is 42.5 Å². The number of nitrogens with zero attached hydrogens (tertiary/aromatic N) is 1. The predicted molar refractivity (Wildman–Crippen MR) is 198 cm³/mol. The van der Waals surface area contributed by atoms with Crippen LogP contribution in [0.25, 0.3) is 5.57 Å². The van der Waals surface area contributed by atoms with Crippen LogP contribution >= 0.6 is 0 Å². The van der Waals surface area contributed by atoms with Gasteiger partial charge >= 0.3 is 5.97 Å². The van der Waals surface area contributed by atoms with E-state index in [9.17, 15) is 19.8 Å². The first-order chi connectivity index (χ1) is 23.1. The molecule has 0 heterocycles. The molecule has 49 heavy (non-hydrogen) atoms. The van der Waals surface area contributed by atoms with Gasteiger partial charge in [-0.1, -0.05) is 71.9 Å². The number of aliphatic hydroxyl groups is 1. The summed E-state index contributed by atoms with van der Waals surface area (Å²) < 4.78 is 0. The van der Waals surface area contributed by atoms with Gasteiger partial charge in [-0.15, -0.1) is 0 Å². The van der Waals surface area contributed by atoms with Crippen LogP contribution in [0, 0.1) is 56.7 Å². The van der Waals surface area contributed by atoms with Crippen molar-refractivity contribution in [2.45, 2.75) is 106 Å². The third-order valence-corrected chi connectivity index (χ3v) is 16.1. The highest BCUT2D eigenvalue weighted by Gasteiger charge is 2.71. The molecular weight excluding hydrogens is 608 g/mol. The van der Waals surface area contributed by atoms with Crippen LogP contribution in [-0.4, -0.2) is 59.8 Å². The van der Waals surface area contributed by atoms with E-state index < -0.39 is 5.97 Å². The van der Waals surface area contributed by atoms with Gasteiger partial charge in [-0.3, -0.25) is 9.69 Å². The third-order valence-electron chi connectivity index (χ3n) is 16.1. The van der Waals surface area contributed by atoms with Crippen molar-refractivity contribution in [1.82, 2.24) is 10.2 Å². The van der Waals surface area contributed by atoms with Crippen molar-refractivity contribution >= 4 is 17.4 Å². The van der Waals surface area contributed by atoms with Gasteiger partial charge in [-0.2, -0.15) is 0 Å². The average molecular weight is 673 g/mol. The smallest absolute Gasteiger partial charge is 0.335 e. The normalized spacial score (nSPS) is 39.2. The number of rotatable bonds is 10. The van der Waals surface area contributed by atoms with Crippen molar-refractivity contribution < 1.29 is 19.8 Å². The number of carbonyl (C=O) groups excluding carboxylic acids is 1. The first-order valence-corrected chi connectivity index (χ1v) is 19.4. The number of carbonyl (C=O) groups is 2. The lowest BCUT2D eigenvalue weighted by molar-refractivity contribution is -0.225. The quantitative estimate of drug-likeness (QED) is 0.217. The summed E-state index contributed by atoms with van der Waals surface area (Å²) in [7, 11) is 0. The number of likely N-dealkylation sites (N-methyl/N-ethyl adjacent to an activating group) is 1. The first-order valence-electron chi connectivity index (χ1n) is 19.4. The summed E-state index contributed by atoms with van der Waals surface area (Å²) in [6.45, 7) is 24.7. The van der Waals surface area contributed by atoms with Gasteiger partial charge in [0.25, 0.3) is 0 Å². The highest BCUT2D eigenvalue weighted by atomic mass is 16.4. The second-order valence-corrected chi connectivity index (χ2v) is 18.2. The number of carboxylic acid groups (broad SMARTS) is 1. The molecule has 270 valence electrons. The van der Waals surface area contributed by atoms with E-state index >= 15 is 0 Å². The summed E-state index contributed by atoms with van der Waals surface area (Å²) in [6, 6.07) is 7.53. The zero-order valence-electron chi connectivity index (χ0n) is 31.5. The molecule has 5 aliphatic carbocycles. The summed E-state index contributed by atoms with van der Waals surface area (Å²) in [5.41, 5.74) is 4.35. The van der Waals surface area contributed by atoms with Crippen LogP contribution in [0.1, 0.15) is 122 Å². The highest BCUT2D eigenvalue weighted by molar-refractivity contribution is 5.88. The van der Waals surface area contributed by atoms with E-state index in [2.05, 4.69) is 71.3 Å². The SMILES string of the molecule is C=C(C)[C@@H]1CC[C@]2(C(=O)NCCN(CC)CCO)CC[C@]3(C)[C@H](CC[C@@H]4[C@@]5(C)CC=C(c6ccc(C(=O)O)cc6)C(C)(C)[C@@H]5CC[C@]43C)[C@@H]12. The molecule has 1 aromatic rings. The fourth-order valence-electron chi connectivity index (χ4n) is 13.5. The van der Waals surface area contributed by atoms with Gasteiger partial charge in [-0.05, 0) is 146 Å². The Labute approximate surface area is 296 Å². The molecular formula is C43H64N2O4. The van der Waals surface area contributed by atoms with Crippen molar-refractivity contribution in [3.05, 3.63) is 53.6 Å². The lowest BCUT2D eigenvalue weighted by Crippen LogP contribution is -2.66. The largest absolute Gasteiger partial charge is 0.478 e. The van der Waals surface area contributed by atoms with Gasteiger partial charge < -0.3 is 15.5 Å². The zero-order chi connectivity index (χ0) is 35.6. The Morgan fingerprint density at radius 1 is 0.918 bits per heavy atom. The fraction of sp³-hybridized carbons (Fsp3) is 0.721. The Hall–Kier alpha value is -2.44. The van der Waals surface area contributed by atoms with Crippen molar-refractivity contribution in [3.63, 3.8) is 0 Å². The number of allylic oxidation sites excluding steroid dienone is 3. The number of hydrogen-bond donors (Lipinski definition) is 3. The summed E-state index contributed by atoms with van der Waals surface area (Å²) in [5.74, 6) is 1.81. The number of amides is 1. The molecule has 4 saturated carbocycles. The van der Waals surface area contributed by atoms with Crippen molar-refractivity contribution in [1.29, 1.82) is 0 Å². The highest BCUT2D eigenvalue weighted by Crippen LogP contribution is 2.77. The minimum Gasteiger partial charge on any atom is -0.478 e. The first kappa shape index (κ1) is 36.4. The van der Waals surface area contributed by atoms with Crippen LogP contribution in [-0.2, 0) is 4.79 Å². The van der Waals surface area contributed by atoms with E-state index in [-0.39, 0.29) is 39.6 Å². The maximum Gasteiger partial charge on any atom is 0.335 e. The summed E-state index contributed by atoms with van der Waals surface area (Å²) in [5, 5.41) is 22.4. The molecule has 0 aromatic heterocycles. The summed E-state index contributed by atoms with van der Waals surface area (Å²) in [4.78, 5) is 28.2. The van der Waals surface area contributed by atoms with E-state index in [0.29, 0.717) is 48.2 Å². The van der Waals surface area contributed by atoms with Gasteiger partial charge in [0.05, 0.1) is 17.6 Å². The second kappa shape index (κ2) is 13.0. The van der Waals surface area contributed by atoms with Crippen molar-refractivity contribution in [3.8, 4) is 0 Å². The predicted octanol–water partition coefficient (Wildman–Crippen LogP) is 8.47. The van der Waals surface area contributed by atoms with Gasteiger partial charge in [0.1, 0.15) is 0 Å². The number of fused-ring (bicyclic) bond motifs is 7. The lowest BCUT2D eigenvalue weighted by atomic mass is 9.32. The molecule has 0 aliphatic heterocycles. The molecule has 0 unspecified atom stereocenters.